The van der Waals surface area contributed by atoms with Gasteiger partial charge in [-0.3, -0.25) is 9.35 Å². The fourth-order valence-corrected chi connectivity index (χ4v) is 3.61. The summed E-state index contributed by atoms with van der Waals surface area (Å²) in [4.78, 5) is 13.8. The van der Waals surface area contributed by atoms with Crippen molar-refractivity contribution in [1.29, 1.82) is 0 Å². The fraction of sp³-hybridized carbons (Fsp3) is 0.444. The predicted molar refractivity (Wildman–Crippen MR) is 58.9 cm³/mol. The minimum Gasteiger partial charge on any atom is -0.338 e. The normalized spacial score (nSPS) is 16.0. The van der Waals surface area contributed by atoms with Gasteiger partial charge < -0.3 is 4.90 Å². The van der Waals surface area contributed by atoms with Crippen molar-refractivity contribution in [1.82, 2.24) is 4.90 Å². The molecule has 1 N–H and O–H groups in total. The molecule has 0 aromatic carbocycles. The van der Waals surface area contributed by atoms with Crippen LogP contribution in [0.3, 0.4) is 0 Å². The lowest BCUT2D eigenvalue weighted by atomic mass is 10.1. The third kappa shape index (κ3) is 2.11. The van der Waals surface area contributed by atoms with E-state index < -0.39 is 10.1 Å². The molecule has 0 unspecified atom stereocenters. The lowest BCUT2D eigenvalue weighted by molar-refractivity contribution is -0.129. The van der Waals surface area contributed by atoms with E-state index in [1.807, 2.05) is 0 Å². The van der Waals surface area contributed by atoms with Crippen LogP contribution in [0.5, 0.6) is 0 Å². The third-order valence-corrected chi connectivity index (χ3v) is 5.08. The van der Waals surface area contributed by atoms with Crippen LogP contribution in [0.4, 0.5) is 0 Å². The molecule has 0 aliphatic carbocycles. The first-order valence-electron chi connectivity index (χ1n) is 4.72. The Bertz CT molecular complexity index is 532. The van der Waals surface area contributed by atoms with Gasteiger partial charge in [-0.15, -0.1) is 11.3 Å². The van der Waals surface area contributed by atoms with E-state index in [0.717, 1.165) is 21.8 Å². The average Bonchev–Trinajstić information content (AvgIpc) is 2.58. The number of rotatable bonds is 1. The summed E-state index contributed by atoms with van der Waals surface area (Å²) in [5.41, 5.74) is 0.819. The van der Waals surface area contributed by atoms with E-state index in [2.05, 4.69) is 0 Å². The minimum atomic E-state index is -4.12. The van der Waals surface area contributed by atoms with Crippen molar-refractivity contribution in [2.45, 2.75) is 24.1 Å². The van der Waals surface area contributed by atoms with Crippen LogP contribution in [0.1, 0.15) is 17.4 Å². The molecule has 0 radical (unpaired) electrons. The second kappa shape index (κ2) is 3.83. The van der Waals surface area contributed by atoms with E-state index in [1.165, 1.54) is 13.0 Å². The smallest absolute Gasteiger partial charge is 0.304 e. The van der Waals surface area contributed by atoms with Gasteiger partial charge in [0.1, 0.15) is 4.21 Å². The predicted octanol–water partition coefficient (Wildman–Crippen LogP) is 0.899. The molecule has 2 rings (SSSR count). The summed E-state index contributed by atoms with van der Waals surface area (Å²) in [6.45, 7) is 2.52. The van der Waals surface area contributed by atoms with Gasteiger partial charge in [0.2, 0.25) is 5.91 Å². The van der Waals surface area contributed by atoms with E-state index in [1.54, 1.807) is 4.90 Å². The van der Waals surface area contributed by atoms with Crippen molar-refractivity contribution in [2.24, 2.45) is 0 Å². The molecular formula is C9H11NO4S2. The molecule has 88 valence electrons. The first-order valence-corrected chi connectivity index (χ1v) is 6.98. The Hall–Kier alpha value is -0.920. The van der Waals surface area contributed by atoms with Crippen molar-refractivity contribution in [3.05, 3.63) is 16.5 Å². The molecule has 0 saturated carbocycles. The maximum atomic E-state index is 11.2. The van der Waals surface area contributed by atoms with Crippen LogP contribution in [-0.2, 0) is 27.9 Å². The summed E-state index contributed by atoms with van der Waals surface area (Å²) in [7, 11) is -4.12. The molecular weight excluding hydrogens is 250 g/mol. The van der Waals surface area contributed by atoms with Gasteiger partial charge >= 0.3 is 10.1 Å². The van der Waals surface area contributed by atoms with Crippen molar-refractivity contribution in [2.75, 3.05) is 6.54 Å². The molecule has 0 bridgehead atoms. The van der Waals surface area contributed by atoms with Crippen molar-refractivity contribution in [3.8, 4) is 0 Å². The van der Waals surface area contributed by atoms with Gasteiger partial charge in [-0.2, -0.15) is 8.42 Å². The average molecular weight is 261 g/mol. The highest BCUT2D eigenvalue weighted by Crippen LogP contribution is 2.30. The lowest BCUT2D eigenvalue weighted by Crippen LogP contribution is -2.33. The first-order chi connectivity index (χ1) is 7.38. The molecule has 2 heterocycles. The maximum absolute atomic E-state index is 11.2. The van der Waals surface area contributed by atoms with Crippen LogP contribution < -0.4 is 0 Å². The molecule has 1 aromatic heterocycles. The number of nitrogens with zero attached hydrogens (tertiary/aromatic N) is 1. The topological polar surface area (TPSA) is 74.7 Å². The molecule has 0 saturated heterocycles. The Labute approximate surface area is 97.4 Å². The molecule has 7 heteroatoms. The second-order valence-corrected chi connectivity index (χ2v) is 6.46. The highest BCUT2D eigenvalue weighted by molar-refractivity contribution is 7.88. The maximum Gasteiger partial charge on any atom is 0.304 e. The SMILES string of the molecule is CC(=O)N1CCc2sc(S(=O)(=O)O)cc2C1. The standard InChI is InChI=1S/C9H11NO4S2/c1-6(11)10-3-2-8-7(5-10)4-9(15-8)16(12,13)14/h4H,2-3,5H2,1H3,(H,12,13,14). The molecule has 0 fully saturated rings. The molecule has 1 aromatic rings. The molecule has 1 amide bonds. The Kier molecular flexibility index (Phi) is 2.77. The zero-order chi connectivity index (χ0) is 11.9. The van der Waals surface area contributed by atoms with E-state index in [4.69, 9.17) is 4.55 Å². The quantitative estimate of drug-likeness (QED) is 0.762. The van der Waals surface area contributed by atoms with Gasteiger partial charge in [-0.25, -0.2) is 0 Å². The van der Waals surface area contributed by atoms with Crippen LogP contribution in [-0.4, -0.2) is 30.3 Å². The van der Waals surface area contributed by atoms with Crippen LogP contribution in [0.2, 0.25) is 0 Å². The van der Waals surface area contributed by atoms with E-state index in [-0.39, 0.29) is 10.1 Å². The molecule has 0 spiro atoms. The third-order valence-electron chi connectivity index (χ3n) is 2.54. The summed E-state index contributed by atoms with van der Waals surface area (Å²) in [5, 5.41) is 0. The van der Waals surface area contributed by atoms with Gasteiger partial charge in [0.15, 0.2) is 0 Å². The Balaban J connectivity index is 2.34. The highest BCUT2D eigenvalue weighted by Gasteiger charge is 2.23. The van der Waals surface area contributed by atoms with E-state index >= 15 is 0 Å². The molecule has 5 nitrogen and oxygen atoms in total. The Morgan fingerprint density at radius 1 is 1.56 bits per heavy atom. The number of fused-ring (bicyclic) bond motifs is 1. The number of carbonyl (C=O) groups is 1. The highest BCUT2D eigenvalue weighted by atomic mass is 32.3. The molecule has 1 aliphatic heterocycles. The summed E-state index contributed by atoms with van der Waals surface area (Å²) in [5.74, 6) is -0.0229. The fourth-order valence-electron chi connectivity index (χ4n) is 1.70. The van der Waals surface area contributed by atoms with E-state index in [0.29, 0.717) is 19.5 Å². The summed E-state index contributed by atoms with van der Waals surface area (Å²) in [6.07, 6.45) is 0.648. The summed E-state index contributed by atoms with van der Waals surface area (Å²) < 4.78 is 30.8. The zero-order valence-corrected chi connectivity index (χ0v) is 10.3. The number of hydrogen-bond donors (Lipinski definition) is 1. The summed E-state index contributed by atoms with van der Waals surface area (Å²) in [6, 6.07) is 1.45. The first kappa shape index (κ1) is 11.6. The minimum absolute atomic E-state index is 0.0229. The summed E-state index contributed by atoms with van der Waals surface area (Å²) >= 11 is 1.08. The molecule has 0 atom stereocenters. The molecule has 16 heavy (non-hydrogen) atoms. The zero-order valence-electron chi connectivity index (χ0n) is 8.63. The number of hydrogen-bond acceptors (Lipinski definition) is 4. The number of amides is 1. The number of carbonyl (C=O) groups excluding carboxylic acids is 1. The van der Waals surface area contributed by atoms with Gasteiger partial charge in [0, 0.05) is 24.9 Å². The van der Waals surface area contributed by atoms with Crippen molar-refractivity contribution >= 4 is 27.4 Å². The van der Waals surface area contributed by atoms with Crippen LogP contribution >= 0.6 is 11.3 Å². The van der Waals surface area contributed by atoms with Gasteiger partial charge in [0.25, 0.3) is 0 Å². The lowest BCUT2D eigenvalue weighted by Gasteiger charge is -2.25. The van der Waals surface area contributed by atoms with E-state index in [9.17, 15) is 13.2 Å². The number of thiophene rings is 1. The largest absolute Gasteiger partial charge is 0.338 e. The van der Waals surface area contributed by atoms with Crippen molar-refractivity contribution < 1.29 is 17.8 Å². The van der Waals surface area contributed by atoms with Crippen LogP contribution in [0.15, 0.2) is 10.3 Å². The molecule has 1 aliphatic rings. The second-order valence-electron chi connectivity index (χ2n) is 3.68. The van der Waals surface area contributed by atoms with Gasteiger partial charge in [-0.05, 0) is 18.1 Å². The van der Waals surface area contributed by atoms with Crippen LogP contribution in [0, 0.1) is 0 Å². The van der Waals surface area contributed by atoms with Gasteiger partial charge in [-0.1, -0.05) is 0 Å². The monoisotopic (exact) mass is 261 g/mol. The van der Waals surface area contributed by atoms with Gasteiger partial charge in [0.05, 0.1) is 0 Å². The Morgan fingerprint density at radius 2 is 2.25 bits per heavy atom. The van der Waals surface area contributed by atoms with Crippen molar-refractivity contribution in [3.63, 3.8) is 0 Å². The Morgan fingerprint density at radius 3 is 2.81 bits per heavy atom. The van der Waals surface area contributed by atoms with Crippen LogP contribution in [0.25, 0.3) is 0 Å².